The summed E-state index contributed by atoms with van der Waals surface area (Å²) in [7, 11) is -3.86. The fourth-order valence-electron chi connectivity index (χ4n) is 3.09. The van der Waals surface area contributed by atoms with Crippen LogP contribution in [0.2, 0.25) is 10.0 Å². The minimum Gasteiger partial charge on any atom is -0.493 e. The number of sulfonamides is 1. The van der Waals surface area contributed by atoms with Crippen LogP contribution in [0.4, 0.5) is 11.4 Å². The van der Waals surface area contributed by atoms with Gasteiger partial charge in [0.25, 0.3) is 15.6 Å². The topological polar surface area (TPSA) is 134 Å². The average molecular weight is 531 g/mol. The van der Waals surface area contributed by atoms with Crippen LogP contribution in [-0.2, 0) is 10.0 Å². The first-order chi connectivity index (χ1) is 16.6. The molecule has 0 saturated carbocycles. The van der Waals surface area contributed by atoms with Crippen molar-refractivity contribution in [1.82, 2.24) is 9.55 Å². The molecule has 178 valence electrons. The zero-order chi connectivity index (χ0) is 25.2. The number of H-pyrrole nitrogens is 1. The van der Waals surface area contributed by atoms with Crippen molar-refractivity contribution >= 4 is 50.8 Å². The van der Waals surface area contributed by atoms with Gasteiger partial charge in [0.1, 0.15) is 5.56 Å². The molecule has 0 saturated heterocycles. The molecule has 0 bridgehead atoms. The first-order valence-electron chi connectivity index (χ1n) is 9.91. The number of benzene rings is 3. The minimum absolute atomic E-state index is 0.0124. The molecule has 35 heavy (non-hydrogen) atoms. The molecule has 0 aliphatic rings. The number of halogens is 2. The standard InChI is InChI=1S/C23H16Cl2N4O5S/c24-14-4-6-17(7-5-14)28-35(33,34)19-10-8-16(9-11-19)26-13-20-21(30)27-23(32)29(22(20)31)18-3-1-2-15(25)12-18/h1-13,28,31H,(H,27,30,32). The van der Waals surface area contributed by atoms with Gasteiger partial charge in [-0.25, -0.2) is 17.8 Å². The molecule has 3 aromatic carbocycles. The second-order valence-corrected chi connectivity index (χ2v) is 9.73. The van der Waals surface area contributed by atoms with E-state index in [1.807, 2.05) is 0 Å². The van der Waals surface area contributed by atoms with Gasteiger partial charge in [-0.1, -0.05) is 29.3 Å². The molecule has 0 atom stereocenters. The molecule has 0 aliphatic heterocycles. The number of hydrogen-bond acceptors (Lipinski definition) is 6. The third kappa shape index (κ3) is 5.46. The second kappa shape index (κ2) is 9.79. The molecule has 0 amide bonds. The highest BCUT2D eigenvalue weighted by atomic mass is 35.5. The van der Waals surface area contributed by atoms with Crippen LogP contribution in [0, 0.1) is 0 Å². The van der Waals surface area contributed by atoms with Gasteiger partial charge in [-0.3, -0.25) is 19.5 Å². The van der Waals surface area contributed by atoms with Crippen LogP contribution in [0.3, 0.4) is 0 Å². The zero-order valence-corrected chi connectivity index (χ0v) is 20.0. The van der Waals surface area contributed by atoms with Crippen molar-refractivity contribution in [3.8, 4) is 11.6 Å². The highest BCUT2D eigenvalue weighted by Gasteiger charge is 2.16. The van der Waals surface area contributed by atoms with Crippen molar-refractivity contribution in [2.24, 2.45) is 4.99 Å². The summed E-state index contributed by atoms with van der Waals surface area (Å²) in [6.07, 6.45) is 1.07. The number of nitrogens with zero attached hydrogens (tertiary/aromatic N) is 2. The van der Waals surface area contributed by atoms with Crippen LogP contribution < -0.4 is 16.0 Å². The molecular formula is C23H16Cl2N4O5S. The Labute approximate surface area is 209 Å². The molecule has 0 spiro atoms. The van der Waals surface area contributed by atoms with Crippen LogP contribution in [0.15, 0.2) is 92.3 Å². The molecule has 0 aliphatic carbocycles. The first-order valence-corrected chi connectivity index (χ1v) is 12.1. The lowest BCUT2D eigenvalue weighted by Gasteiger charge is -2.10. The van der Waals surface area contributed by atoms with E-state index in [9.17, 15) is 23.1 Å². The number of aromatic nitrogens is 2. The molecule has 9 nitrogen and oxygen atoms in total. The number of nitrogens with one attached hydrogen (secondary N) is 2. The van der Waals surface area contributed by atoms with Crippen molar-refractivity contribution < 1.29 is 13.5 Å². The van der Waals surface area contributed by atoms with E-state index in [1.165, 1.54) is 48.5 Å². The van der Waals surface area contributed by atoms with Crippen molar-refractivity contribution in [3.05, 3.63) is 109 Å². The Kier molecular flexibility index (Phi) is 6.79. The fourth-order valence-corrected chi connectivity index (χ4v) is 4.46. The van der Waals surface area contributed by atoms with E-state index in [0.29, 0.717) is 21.4 Å². The minimum atomic E-state index is -3.86. The van der Waals surface area contributed by atoms with Gasteiger partial charge in [-0.15, -0.1) is 0 Å². The Bertz CT molecular complexity index is 1650. The number of aliphatic imine (C=N–C) groups is 1. The van der Waals surface area contributed by atoms with Gasteiger partial charge in [0.05, 0.1) is 16.3 Å². The Hall–Kier alpha value is -3.86. The maximum absolute atomic E-state index is 12.6. The van der Waals surface area contributed by atoms with E-state index in [4.69, 9.17) is 23.2 Å². The predicted molar refractivity (Wildman–Crippen MR) is 135 cm³/mol. The van der Waals surface area contributed by atoms with Gasteiger partial charge in [-0.05, 0) is 66.7 Å². The SMILES string of the molecule is O=c1[nH]c(=O)n(-c2cccc(Cl)c2)c(O)c1C=Nc1ccc(S(=O)(=O)Nc2ccc(Cl)cc2)cc1. The molecule has 1 heterocycles. The number of rotatable bonds is 6. The lowest BCUT2D eigenvalue weighted by atomic mass is 10.3. The number of hydrogen-bond donors (Lipinski definition) is 3. The molecule has 0 unspecified atom stereocenters. The third-order valence-electron chi connectivity index (χ3n) is 4.77. The lowest BCUT2D eigenvalue weighted by Crippen LogP contribution is -2.31. The van der Waals surface area contributed by atoms with E-state index in [-0.39, 0.29) is 16.1 Å². The predicted octanol–water partition coefficient (Wildman–Crippen LogP) is 4.09. The molecule has 12 heteroatoms. The van der Waals surface area contributed by atoms with E-state index in [2.05, 4.69) is 14.7 Å². The van der Waals surface area contributed by atoms with Crippen molar-refractivity contribution in [3.63, 3.8) is 0 Å². The molecule has 1 aromatic heterocycles. The molecule has 4 rings (SSSR count). The van der Waals surface area contributed by atoms with Crippen LogP contribution in [0.5, 0.6) is 5.88 Å². The summed E-state index contributed by atoms with van der Waals surface area (Å²) in [6, 6.07) is 17.9. The van der Waals surface area contributed by atoms with Gasteiger partial charge in [0.15, 0.2) is 0 Å². The highest BCUT2D eigenvalue weighted by Crippen LogP contribution is 2.22. The molecular weight excluding hydrogens is 515 g/mol. The molecule has 3 N–H and O–H groups in total. The number of aromatic hydroxyl groups is 1. The van der Waals surface area contributed by atoms with Gasteiger partial charge in [0, 0.05) is 21.9 Å². The Morgan fingerprint density at radius 2 is 1.63 bits per heavy atom. The van der Waals surface area contributed by atoms with E-state index < -0.39 is 27.2 Å². The summed E-state index contributed by atoms with van der Waals surface area (Å²) in [6.45, 7) is 0. The van der Waals surface area contributed by atoms with Crippen molar-refractivity contribution in [2.75, 3.05) is 4.72 Å². The maximum atomic E-state index is 12.6. The fraction of sp³-hybridized carbons (Fsp3) is 0. The first kappa shape index (κ1) is 24.3. The van der Waals surface area contributed by atoms with Gasteiger partial charge < -0.3 is 5.11 Å². The van der Waals surface area contributed by atoms with E-state index in [1.54, 1.807) is 24.3 Å². The number of aromatic amines is 1. The van der Waals surface area contributed by atoms with Crippen LogP contribution in [0.1, 0.15) is 5.56 Å². The summed E-state index contributed by atoms with van der Waals surface area (Å²) in [5.74, 6) is -0.629. The van der Waals surface area contributed by atoms with E-state index in [0.717, 1.165) is 10.8 Å². The summed E-state index contributed by atoms with van der Waals surface area (Å²) < 4.78 is 28.5. The van der Waals surface area contributed by atoms with Gasteiger partial charge in [-0.2, -0.15) is 0 Å². The highest BCUT2D eigenvalue weighted by molar-refractivity contribution is 7.92. The molecule has 0 radical (unpaired) electrons. The van der Waals surface area contributed by atoms with E-state index >= 15 is 0 Å². The largest absolute Gasteiger partial charge is 0.493 e. The molecule has 0 fully saturated rings. The van der Waals surface area contributed by atoms with Crippen LogP contribution in [-0.4, -0.2) is 29.3 Å². The zero-order valence-electron chi connectivity index (χ0n) is 17.6. The summed E-state index contributed by atoms with van der Waals surface area (Å²) in [5, 5.41) is 11.4. The van der Waals surface area contributed by atoms with Crippen molar-refractivity contribution in [2.45, 2.75) is 4.90 Å². The van der Waals surface area contributed by atoms with Gasteiger partial charge >= 0.3 is 5.69 Å². The third-order valence-corrected chi connectivity index (χ3v) is 6.66. The lowest BCUT2D eigenvalue weighted by molar-refractivity contribution is 0.430. The average Bonchev–Trinajstić information content (AvgIpc) is 2.80. The summed E-state index contributed by atoms with van der Waals surface area (Å²) in [5.41, 5.74) is -1.08. The smallest absolute Gasteiger partial charge is 0.335 e. The maximum Gasteiger partial charge on any atom is 0.335 e. The Balaban J connectivity index is 1.61. The quantitative estimate of drug-likeness (QED) is 0.323. The van der Waals surface area contributed by atoms with Crippen LogP contribution in [0.25, 0.3) is 5.69 Å². The number of anilines is 1. The van der Waals surface area contributed by atoms with Crippen LogP contribution >= 0.6 is 23.2 Å². The molecule has 4 aromatic rings. The van der Waals surface area contributed by atoms with Gasteiger partial charge in [0.2, 0.25) is 5.88 Å². The second-order valence-electron chi connectivity index (χ2n) is 7.18. The Morgan fingerprint density at radius 3 is 2.29 bits per heavy atom. The Morgan fingerprint density at radius 1 is 0.943 bits per heavy atom. The summed E-state index contributed by atoms with van der Waals surface area (Å²) in [4.78, 5) is 30.8. The monoisotopic (exact) mass is 530 g/mol. The normalized spacial score (nSPS) is 11.6. The summed E-state index contributed by atoms with van der Waals surface area (Å²) >= 11 is 11.8. The van der Waals surface area contributed by atoms with Crippen molar-refractivity contribution in [1.29, 1.82) is 0 Å².